The monoisotopic (exact) mass is 897 g/mol. The number of hydrogen-bond acceptors (Lipinski definition) is 6. The summed E-state index contributed by atoms with van der Waals surface area (Å²) >= 11 is 0. The minimum absolute atomic E-state index is 0.170. The summed E-state index contributed by atoms with van der Waals surface area (Å²) in [5.41, 5.74) is 18.1. The molecule has 0 bridgehead atoms. The molecule has 0 atom stereocenters. The first-order valence-corrected chi connectivity index (χ1v) is 23.6. The molecule has 0 radical (unpaired) electrons. The van der Waals surface area contributed by atoms with Crippen LogP contribution in [0.3, 0.4) is 0 Å². The van der Waals surface area contributed by atoms with Gasteiger partial charge in [0.2, 0.25) is 0 Å². The Bertz CT molecular complexity index is 3970. The molecule has 9 aromatic carbocycles. The van der Waals surface area contributed by atoms with Crippen molar-refractivity contribution < 1.29 is 4.42 Å². The van der Waals surface area contributed by atoms with E-state index in [1.807, 2.05) is 48.5 Å². The fourth-order valence-corrected chi connectivity index (χ4v) is 10.2. The van der Waals surface area contributed by atoms with Crippen LogP contribution in [0.2, 0.25) is 0 Å². The maximum absolute atomic E-state index is 6.30. The van der Waals surface area contributed by atoms with Crippen LogP contribution in [0.1, 0.15) is 25.0 Å². The largest absolute Gasteiger partial charge is 0.456 e. The Labute approximate surface area is 405 Å². The molecule has 12 aromatic rings. The first-order valence-electron chi connectivity index (χ1n) is 23.6. The zero-order valence-electron chi connectivity index (χ0n) is 38.5. The number of furan rings is 1. The maximum atomic E-state index is 6.30. The molecule has 3 aromatic heterocycles. The Balaban J connectivity index is 0.916. The summed E-state index contributed by atoms with van der Waals surface area (Å²) in [5.74, 6) is 2.47. The predicted octanol–water partition coefficient (Wildman–Crippen LogP) is 16.2. The third-order valence-corrected chi connectivity index (χ3v) is 13.8. The highest BCUT2D eigenvalue weighted by molar-refractivity contribution is 6.05. The highest BCUT2D eigenvalue weighted by Crippen LogP contribution is 2.51. The molecule has 0 fully saturated rings. The molecular formula is C64H43N5O. The van der Waals surface area contributed by atoms with Gasteiger partial charge in [0.05, 0.1) is 11.4 Å². The van der Waals surface area contributed by atoms with E-state index in [0.717, 1.165) is 89.0 Å². The van der Waals surface area contributed by atoms with Gasteiger partial charge in [-0.2, -0.15) is 0 Å². The number of hydrogen-bond donors (Lipinski definition) is 0. The average Bonchev–Trinajstić information content (AvgIpc) is 3.92. The van der Waals surface area contributed by atoms with Gasteiger partial charge < -0.3 is 4.42 Å². The Kier molecular flexibility index (Phi) is 9.73. The van der Waals surface area contributed by atoms with Crippen molar-refractivity contribution in [1.82, 2.24) is 24.9 Å². The lowest BCUT2D eigenvalue weighted by molar-refractivity contribution is 0.660. The molecule has 6 heteroatoms. The van der Waals surface area contributed by atoms with E-state index in [1.165, 1.54) is 22.3 Å². The van der Waals surface area contributed by atoms with E-state index in [4.69, 9.17) is 29.3 Å². The van der Waals surface area contributed by atoms with Crippen LogP contribution in [-0.2, 0) is 5.41 Å². The second kappa shape index (κ2) is 16.6. The zero-order chi connectivity index (χ0) is 46.8. The molecule has 3 heterocycles. The Morgan fingerprint density at radius 3 is 1.57 bits per heavy atom. The van der Waals surface area contributed by atoms with Gasteiger partial charge in [0.25, 0.3) is 0 Å². The summed E-state index contributed by atoms with van der Waals surface area (Å²) in [6.07, 6.45) is 0. The molecule has 1 aliphatic rings. The van der Waals surface area contributed by atoms with Gasteiger partial charge >= 0.3 is 0 Å². The molecule has 1 aliphatic carbocycles. The Hall–Kier alpha value is -9.13. The van der Waals surface area contributed by atoms with Gasteiger partial charge in [-0.15, -0.1) is 0 Å². The molecule has 0 N–H and O–H groups in total. The lowest BCUT2D eigenvalue weighted by atomic mass is 9.82. The molecule has 0 saturated carbocycles. The number of fused-ring (bicyclic) bond motifs is 6. The molecule has 6 nitrogen and oxygen atoms in total. The first-order chi connectivity index (χ1) is 34.4. The van der Waals surface area contributed by atoms with Gasteiger partial charge in [0, 0.05) is 49.6 Å². The van der Waals surface area contributed by atoms with Crippen molar-refractivity contribution in [3.8, 4) is 101 Å². The number of rotatable bonds is 8. The third-order valence-electron chi connectivity index (χ3n) is 13.8. The smallest absolute Gasteiger partial charge is 0.164 e. The zero-order valence-corrected chi connectivity index (χ0v) is 38.5. The standard InChI is InChI=1S/C64H43N5O/c1-64(2)53-27-11-9-25-51(53)59-52(26-15-28-54(59)64)63-68-60(43-32-30-41(31-33-43)40-16-5-3-6-17-40)67-62(69-63)47-23-14-21-45(37-47)44-20-13-22-46(36-44)56-39-55(42-18-7-4-8-19-42)65-61(66-56)48-34-35-50-49-24-10-12-29-57(49)70-58(50)38-48/h3-39H,1-2H3. The second-order valence-electron chi connectivity index (χ2n) is 18.4. The normalized spacial score (nSPS) is 12.5. The van der Waals surface area contributed by atoms with E-state index in [-0.39, 0.29) is 5.41 Å². The molecule has 70 heavy (non-hydrogen) atoms. The molecule has 0 aliphatic heterocycles. The topological polar surface area (TPSA) is 77.6 Å². The number of nitrogens with zero attached hydrogens (tertiary/aromatic N) is 5. The molecule has 0 unspecified atom stereocenters. The van der Waals surface area contributed by atoms with Crippen LogP contribution in [0.25, 0.3) is 123 Å². The van der Waals surface area contributed by atoms with Crippen molar-refractivity contribution in [3.63, 3.8) is 0 Å². The van der Waals surface area contributed by atoms with E-state index in [9.17, 15) is 0 Å². The summed E-state index contributed by atoms with van der Waals surface area (Å²) in [7, 11) is 0. The van der Waals surface area contributed by atoms with E-state index in [0.29, 0.717) is 23.3 Å². The lowest BCUT2D eigenvalue weighted by Gasteiger charge is -2.21. The van der Waals surface area contributed by atoms with Crippen molar-refractivity contribution in [2.75, 3.05) is 0 Å². The van der Waals surface area contributed by atoms with Gasteiger partial charge in [-0.3, -0.25) is 0 Å². The average molecular weight is 898 g/mol. The van der Waals surface area contributed by atoms with Crippen LogP contribution < -0.4 is 0 Å². The van der Waals surface area contributed by atoms with E-state index in [2.05, 4.69) is 190 Å². The summed E-state index contributed by atoms with van der Waals surface area (Å²) in [4.78, 5) is 26.2. The fourth-order valence-electron chi connectivity index (χ4n) is 10.2. The van der Waals surface area contributed by atoms with Gasteiger partial charge in [-0.25, -0.2) is 24.9 Å². The lowest BCUT2D eigenvalue weighted by Crippen LogP contribution is -2.14. The summed E-state index contributed by atoms with van der Waals surface area (Å²) in [6, 6.07) is 77.9. The molecule has 13 rings (SSSR count). The quantitative estimate of drug-likeness (QED) is 0.151. The van der Waals surface area contributed by atoms with Crippen molar-refractivity contribution in [3.05, 3.63) is 236 Å². The first kappa shape index (κ1) is 41.1. The van der Waals surface area contributed by atoms with Crippen LogP contribution >= 0.6 is 0 Å². The van der Waals surface area contributed by atoms with Crippen LogP contribution in [0, 0.1) is 0 Å². The second-order valence-corrected chi connectivity index (χ2v) is 18.4. The Morgan fingerprint density at radius 1 is 0.300 bits per heavy atom. The number of benzene rings is 9. The van der Waals surface area contributed by atoms with Gasteiger partial charge in [-0.05, 0) is 80.9 Å². The fraction of sp³-hybridized carbons (Fsp3) is 0.0469. The van der Waals surface area contributed by atoms with E-state index < -0.39 is 0 Å². The van der Waals surface area contributed by atoms with Crippen molar-refractivity contribution in [2.45, 2.75) is 19.3 Å². The summed E-state index contributed by atoms with van der Waals surface area (Å²) in [5, 5.41) is 2.15. The maximum Gasteiger partial charge on any atom is 0.164 e. The molecular weight excluding hydrogens is 855 g/mol. The minimum Gasteiger partial charge on any atom is -0.456 e. The van der Waals surface area contributed by atoms with Crippen molar-refractivity contribution >= 4 is 21.9 Å². The molecule has 0 amide bonds. The van der Waals surface area contributed by atoms with Crippen molar-refractivity contribution in [1.29, 1.82) is 0 Å². The summed E-state index contributed by atoms with van der Waals surface area (Å²) in [6.45, 7) is 4.60. The predicted molar refractivity (Wildman–Crippen MR) is 284 cm³/mol. The van der Waals surface area contributed by atoms with Gasteiger partial charge in [0.15, 0.2) is 23.3 Å². The summed E-state index contributed by atoms with van der Waals surface area (Å²) < 4.78 is 6.30. The van der Waals surface area contributed by atoms with Crippen LogP contribution in [0.5, 0.6) is 0 Å². The molecule has 330 valence electrons. The van der Waals surface area contributed by atoms with Crippen LogP contribution in [0.4, 0.5) is 0 Å². The minimum atomic E-state index is -0.170. The van der Waals surface area contributed by atoms with Crippen LogP contribution in [-0.4, -0.2) is 24.9 Å². The van der Waals surface area contributed by atoms with Crippen molar-refractivity contribution in [2.24, 2.45) is 0 Å². The molecule has 0 saturated heterocycles. The van der Waals surface area contributed by atoms with Crippen LogP contribution in [0.15, 0.2) is 229 Å². The molecule has 0 spiro atoms. The highest BCUT2D eigenvalue weighted by atomic mass is 16.3. The van der Waals surface area contributed by atoms with Gasteiger partial charge in [0.1, 0.15) is 11.2 Å². The highest BCUT2D eigenvalue weighted by Gasteiger charge is 2.37. The van der Waals surface area contributed by atoms with E-state index >= 15 is 0 Å². The SMILES string of the molecule is CC1(C)c2ccccc2-c2c(-c3nc(-c4ccc(-c5ccccc5)cc4)nc(-c4cccc(-c5cccc(-c6cc(-c7ccccc7)nc(-c7ccc8c(c7)oc7ccccc78)n6)c5)c4)n3)cccc21. The Morgan fingerprint density at radius 2 is 0.786 bits per heavy atom. The third kappa shape index (κ3) is 7.17. The van der Waals surface area contributed by atoms with E-state index in [1.54, 1.807) is 0 Å². The number of aromatic nitrogens is 5. The van der Waals surface area contributed by atoms with Gasteiger partial charge in [-0.1, -0.05) is 202 Å². The number of para-hydroxylation sites is 1.